The van der Waals surface area contributed by atoms with Crippen LogP contribution in [0.2, 0.25) is 0 Å². The van der Waals surface area contributed by atoms with Crippen molar-refractivity contribution in [1.29, 1.82) is 0 Å². The Kier molecular flexibility index (Phi) is 3.82. The molecule has 0 aliphatic heterocycles. The predicted molar refractivity (Wildman–Crippen MR) is 53.3 cm³/mol. The molecular weight excluding hydrogens is 238 g/mol. The average Bonchev–Trinajstić information content (AvgIpc) is 2.48. The highest BCUT2D eigenvalue weighted by atomic mass is 32.2. The van der Waals surface area contributed by atoms with Gasteiger partial charge in [0.05, 0.1) is 5.75 Å². The van der Waals surface area contributed by atoms with Crippen LogP contribution in [0.4, 0.5) is 6.01 Å². The van der Waals surface area contributed by atoms with E-state index in [0.29, 0.717) is 5.82 Å². The molecule has 8 nitrogen and oxygen atoms in total. The molecule has 16 heavy (non-hydrogen) atoms. The summed E-state index contributed by atoms with van der Waals surface area (Å²) in [5, 5.41) is 11.7. The molecule has 0 bridgehead atoms. The molecule has 0 unspecified atom stereocenters. The Labute approximate surface area is 91.7 Å². The molecule has 1 rings (SSSR count). The first-order valence-corrected chi connectivity index (χ1v) is 6.07. The van der Waals surface area contributed by atoms with Crippen molar-refractivity contribution in [1.82, 2.24) is 10.1 Å². The minimum absolute atomic E-state index is 0.0256. The van der Waals surface area contributed by atoms with E-state index in [4.69, 9.17) is 5.11 Å². The van der Waals surface area contributed by atoms with Crippen LogP contribution < -0.4 is 4.72 Å². The van der Waals surface area contributed by atoms with E-state index in [1.54, 1.807) is 6.92 Å². The van der Waals surface area contributed by atoms with Crippen LogP contribution in [0.1, 0.15) is 18.7 Å². The smallest absolute Gasteiger partial charge is 0.335 e. The molecule has 0 fully saturated rings. The van der Waals surface area contributed by atoms with Crippen molar-refractivity contribution in [2.75, 3.05) is 10.5 Å². The summed E-state index contributed by atoms with van der Waals surface area (Å²) in [6, 6.07) is -0.215. The summed E-state index contributed by atoms with van der Waals surface area (Å²) in [7, 11) is -3.63. The van der Waals surface area contributed by atoms with Gasteiger partial charge in [-0.05, 0) is 13.3 Å². The van der Waals surface area contributed by atoms with Crippen LogP contribution in [0.25, 0.3) is 0 Å². The standard InChI is InChI=1S/C7H11N3O5S/c1-5-8-7(15-9-5)10-16(13,14)4-2-3-6(11)12/h2-4H2,1H3,(H,11,12)(H,8,9,10). The van der Waals surface area contributed by atoms with Crippen molar-refractivity contribution >= 4 is 22.0 Å². The van der Waals surface area contributed by atoms with Gasteiger partial charge in [0, 0.05) is 6.42 Å². The van der Waals surface area contributed by atoms with E-state index < -0.39 is 16.0 Å². The predicted octanol–water partition coefficient (Wildman–Crippen LogP) is -0.0155. The molecule has 1 heterocycles. The molecule has 0 amide bonds. The number of aliphatic carboxylic acids is 1. The lowest BCUT2D eigenvalue weighted by Gasteiger charge is -2.01. The third-order valence-corrected chi connectivity index (χ3v) is 2.89. The van der Waals surface area contributed by atoms with E-state index in [2.05, 4.69) is 19.4 Å². The zero-order valence-corrected chi connectivity index (χ0v) is 9.32. The Balaban J connectivity index is 2.49. The summed E-state index contributed by atoms with van der Waals surface area (Å²) in [6.45, 7) is 1.55. The fourth-order valence-corrected chi connectivity index (χ4v) is 1.91. The number of nitrogens with zero attached hydrogens (tertiary/aromatic N) is 2. The quantitative estimate of drug-likeness (QED) is 0.726. The molecule has 0 saturated carbocycles. The minimum Gasteiger partial charge on any atom is -0.481 e. The van der Waals surface area contributed by atoms with Gasteiger partial charge in [-0.1, -0.05) is 5.16 Å². The maximum absolute atomic E-state index is 11.4. The van der Waals surface area contributed by atoms with Gasteiger partial charge in [-0.2, -0.15) is 4.98 Å². The number of anilines is 1. The number of carboxylic acid groups (broad SMARTS) is 1. The molecule has 90 valence electrons. The van der Waals surface area contributed by atoms with E-state index in [-0.39, 0.29) is 24.6 Å². The summed E-state index contributed by atoms with van der Waals surface area (Å²) >= 11 is 0. The SMILES string of the molecule is Cc1noc(NS(=O)(=O)CCCC(=O)O)n1. The van der Waals surface area contributed by atoms with Gasteiger partial charge in [-0.25, -0.2) is 13.1 Å². The number of nitrogens with one attached hydrogen (secondary N) is 1. The Bertz CT molecular complexity index is 466. The molecule has 0 aromatic carbocycles. The molecule has 1 aromatic rings. The highest BCUT2D eigenvalue weighted by Crippen LogP contribution is 2.06. The van der Waals surface area contributed by atoms with Crippen molar-refractivity contribution in [2.45, 2.75) is 19.8 Å². The van der Waals surface area contributed by atoms with Gasteiger partial charge >= 0.3 is 12.0 Å². The number of aryl methyl sites for hydroxylation is 1. The average molecular weight is 249 g/mol. The fraction of sp³-hybridized carbons (Fsp3) is 0.571. The molecule has 0 aliphatic carbocycles. The molecule has 0 aliphatic rings. The van der Waals surface area contributed by atoms with E-state index >= 15 is 0 Å². The second-order valence-electron chi connectivity index (χ2n) is 3.06. The van der Waals surface area contributed by atoms with Crippen LogP contribution in [-0.2, 0) is 14.8 Å². The first kappa shape index (κ1) is 12.4. The van der Waals surface area contributed by atoms with Crippen LogP contribution in [0.15, 0.2) is 4.52 Å². The number of rotatable bonds is 6. The van der Waals surface area contributed by atoms with Crippen LogP contribution in [0.3, 0.4) is 0 Å². The molecule has 0 spiro atoms. The molecule has 0 radical (unpaired) electrons. The third-order valence-electron chi connectivity index (χ3n) is 1.57. The normalized spacial score (nSPS) is 11.3. The van der Waals surface area contributed by atoms with E-state index in [0.717, 1.165) is 0 Å². The number of hydrogen-bond donors (Lipinski definition) is 2. The van der Waals surface area contributed by atoms with E-state index in [1.165, 1.54) is 0 Å². The lowest BCUT2D eigenvalue weighted by Crippen LogP contribution is -2.17. The van der Waals surface area contributed by atoms with Gasteiger partial charge in [0.25, 0.3) is 0 Å². The van der Waals surface area contributed by atoms with E-state index in [9.17, 15) is 13.2 Å². The summed E-state index contributed by atoms with van der Waals surface area (Å²) in [6.07, 6.45) is -0.179. The van der Waals surface area contributed by atoms with Crippen molar-refractivity contribution in [3.63, 3.8) is 0 Å². The number of hydrogen-bond acceptors (Lipinski definition) is 6. The zero-order chi connectivity index (χ0) is 12.2. The molecule has 9 heteroatoms. The van der Waals surface area contributed by atoms with Gasteiger partial charge in [-0.3, -0.25) is 4.79 Å². The molecule has 1 aromatic heterocycles. The Morgan fingerprint density at radius 3 is 2.75 bits per heavy atom. The van der Waals surface area contributed by atoms with Gasteiger partial charge in [0.1, 0.15) is 0 Å². The van der Waals surface area contributed by atoms with Gasteiger partial charge in [0.15, 0.2) is 5.82 Å². The third kappa shape index (κ3) is 4.26. The van der Waals surface area contributed by atoms with Crippen molar-refractivity contribution in [3.05, 3.63) is 5.82 Å². The lowest BCUT2D eigenvalue weighted by atomic mass is 10.3. The first-order chi connectivity index (χ1) is 7.39. The summed E-state index contributed by atoms with van der Waals surface area (Å²) in [5.41, 5.74) is 0. The Hall–Kier alpha value is -1.64. The van der Waals surface area contributed by atoms with Crippen molar-refractivity contribution < 1.29 is 22.8 Å². The van der Waals surface area contributed by atoms with Gasteiger partial charge < -0.3 is 9.63 Å². The van der Waals surface area contributed by atoms with Crippen molar-refractivity contribution in [3.8, 4) is 0 Å². The molecule has 2 N–H and O–H groups in total. The maximum Gasteiger partial charge on any atom is 0.335 e. The second-order valence-corrected chi connectivity index (χ2v) is 4.91. The summed E-state index contributed by atoms with van der Waals surface area (Å²) < 4.78 is 29.3. The number of aromatic nitrogens is 2. The minimum atomic E-state index is -3.63. The van der Waals surface area contributed by atoms with Crippen LogP contribution in [0, 0.1) is 6.92 Å². The number of carboxylic acids is 1. The maximum atomic E-state index is 11.4. The molecule has 0 atom stereocenters. The number of sulfonamides is 1. The van der Waals surface area contributed by atoms with Crippen LogP contribution in [0.5, 0.6) is 0 Å². The van der Waals surface area contributed by atoms with E-state index in [1.807, 2.05) is 0 Å². The summed E-state index contributed by atoms with van der Waals surface area (Å²) in [4.78, 5) is 13.8. The summed E-state index contributed by atoms with van der Waals surface area (Å²) in [5.74, 6) is -1.03. The Morgan fingerprint density at radius 1 is 1.56 bits per heavy atom. The lowest BCUT2D eigenvalue weighted by molar-refractivity contribution is -0.137. The largest absolute Gasteiger partial charge is 0.481 e. The highest BCUT2D eigenvalue weighted by Gasteiger charge is 2.14. The van der Waals surface area contributed by atoms with Crippen LogP contribution in [-0.4, -0.2) is 35.4 Å². The zero-order valence-electron chi connectivity index (χ0n) is 8.50. The topological polar surface area (TPSA) is 122 Å². The Morgan fingerprint density at radius 2 is 2.25 bits per heavy atom. The van der Waals surface area contributed by atoms with Crippen molar-refractivity contribution in [2.24, 2.45) is 0 Å². The first-order valence-electron chi connectivity index (χ1n) is 4.41. The van der Waals surface area contributed by atoms with Gasteiger partial charge in [0.2, 0.25) is 10.0 Å². The van der Waals surface area contributed by atoms with Crippen LogP contribution >= 0.6 is 0 Å². The van der Waals surface area contributed by atoms with Gasteiger partial charge in [-0.15, -0.1) is 0 Å². The second kappa shape index (κ2) is 4.92. The fourth-order valence-electron chi connectivity index (χ4n) is 0.936. The molecular formula is C7H11N3O5S. The number of carbonyl (C=O) groups is 1. The molecule has 0 saturated heterocycles. The monoisotopic (exact) mass is 249 g/mol. The highest BCUT2D eigenvalue weighted by molar-refractivity contribution is 7.92.